The highest BCUT2D eigenvalue weighted by Gasteiger charge is 2.03. The van der Waals surface area contributed by atoms with Gasteiger partial charge < -0.3 is 15.0 Å². The maximum absolute atomic E-state index is 4.98. The number of hydrogen-bond acceptors (Lipinski definition) is 2. The van der Waals surface area contributed by atoms with Crippen LogP contribution in [0.1, 0.15) is 19.8 Å². The van der Waals surface area contributed by atoms with E-state index in [-0.39, 0.29) is 0 Å². The van der Waals surface area contributed by atoms with E-state index in [0.717, 1.165) is 31.9 Å². The minimum absolute atomic E-state index is 0.662. The van der Waals surface area contributed by atoms with Crippen LogP contribution in [0.4, 0.5) is 0 Å². The van der Waals surface area contributed by atoms with Gasteiger partial charge in [0.25, 0.3) is 0 Å². The van der Waals surface area contributed by atoms with E-state index in [1.165, 1.54) is 0 Å². The molecule has 0 aromatic carbocycles. The van der Waals surface area contributed by atoms with E-state index in [2.05, 4.69) is 35.8 Å². The number of ether oxygens (including phenoxy) is 1. The van der Waals surface area contributed by atoms with Gasteiger partial charge in [0.2, 0.25) is 0 Å². The number of methoxy groups -OCH3 is 1. The van der Waals surface area contributed by atoms with Crippen molar-refractivity contribution in [2.24, 2.45) is 4.99 Å². The van der Waals surface area contributed by atoms with Gasteiger partial charge in [-0.3, -0.25) is 4.99 Å². The molecule has 0 saturated heterocycles. The van der Waals surface area contributed by atoms with Crippen molar-refractivity contribution >= 4 is 5.96 Å². The third-order valence-corrected chi connectivity index (χ3v) is 2.16. The molecule has 0 fully saturated rings. The van der Waals surface area contributed by atoms with Crippen LogP contribution in [0, 0.1) is 0 Å². The van der Waals surface area contributed by atoms with Gasteiger partial charge in [-0.1, -0.05) is 6.08 Å². The van der Waals surface area contributed by atoms with Crippen molar-refractivity contribution in [3.8, 4) is 0 Å². The quantitative estimate of drug-likeness (QED) is 0.295. The molecule has 0 aliphatic carbocycles. The molecule has 0 aromatic rings. The summed E-state index contributed by atoms with van der Waals surface area (Å²) >= 11 is 0. The summed E-state index contributed by atoms with van der Waals surface area (Å²) in [5.41, 5.74) is 0. The highest BCUT2D eigenvalue weighted by molar-refractivity contribution is 5.79. The monoisotopic (exact) mass is 227 g/mol. The minimum Gasteiger partial charge on any atom is -0.383 e. The van der Waals surface area contributed by atoms with E-state index >= 15 is 0 Å². The molecule has 0 aliphatic rings. The maximum atomic E-state index is 4.98. The topological polar surface area (TPSA) is 36.9 Å². The van der Waals surface area contributed by atoms with Crippen molar-refractivity contribution in [2.75, 3.05) is 40.4 Å². The highest BCUT2D eigenvalue weighted by Crippen LogP contribution is 1.94. The number of rotatable bonds is 8. The molecule has 0 bridgehead atoms. The lowest BCUT2D eigenvalue weighted by Gasteiger charge is -2.21. The number of unbranched alkanes of at least 4 members (excludes halogenated alkanes) is 1. The van der Waals surface area contributed by atoms with E-state index in [1.807, 2.05) is 6.08 Å². The third-order valence-electron chi connectivity index (χ3n) is 2.16. The first-order valence-electron chi connectivity index (χ1n) is 5.85. The Bertz CT molecular complexity index is 204. The normalized spacial score (nSPS) is 11.3. The van der Waals surface area contributed by atoms with E-state index in [4.69, 9.17) is 4.74 Å². The average Bonchev–Trinajstić information content (AvgIpc) is 2.28. The van der Waals surface area contributed by atoms with Crippen LogP contribution < -0.4 is 5.32 Å². The molecule has 4 nitrogen and oxygen atoms in total. The lowest BCUT2D eigenvalue weighted by atomic mass is 10.3. The Morgan fingerprint density at radius 3 is 2.88 bits per heavy atom. The number of nitrogens with zero attached hydrogens (tertiary/aromatic N) is 2. The summed E-state index contributed by atoms with van der Waals surface area (Å²) in [5.74, 6) is 0.948. The van der Waals surface area contributed by atoms with Crippen LogP contribution in [-0.2, 0) is 4.74 Å². The van der Waals surface area contributed by atoms with Crippen LogP contribution in [0.2, 0.25) is 0 Å². The van der Waals surface area contributed by atoms with Gasteiger partial charge in [0.05, 0.1) is 13.2 Å². The van der Waals surface area contributed by atoms with Crippen molar-refractivity contribution in [2.45, 2.75) is 19.8 Å². The predicted molar refractivity (Wildman–Crippen MR) is 69.9 cm³/mol. The molecule has 1 N–H and O–H groups in total. The second kappa shape index (κ2) is 10.5. The van der Waals surface area contributed by atoms with Crippen LogP contribution in [-0.4, -0.2) is 51.3 Å². The molecule has 0 heterocycles. The van der Waals surface area contributed by atoms with Crippen molar-refractivity contribution in [1.29, 1.82) is 0 Å². The molecule has 4 heteroatoms. The van der Waals surface area contributed by atoms with E-state index in [0.29, 0.717) is 13.2 Å². The molecular formula is C12H25N3O. The zero-order valence-corrected chi connectivity index (χ0v) is 10.8. The summed E-state index contributed by atoms with van der Waals surface area (Å²) in [6, 6.07) is 0. The Kier molecular flexibility index (Phi) is 9.81. The summed E-state index contributed by atoms with van der Waals surface area (Å²) < 4.78 is 4.98. The lowest BCUT2D eigenvalue weighted by molar-refractivity contribution is 0.207. The van der Waals surface area contributed by atoms with Crippen LogP contribution in [0.15, 0.2) is 17.6 Å². The standard InChI is InChI=1S/C12H25N3O/c1-5-7-8-10-15(3)12(13-6-2)14-9-11-16-4/h5H,1,6-11H2,2-4H3,(H,13,14). The van der Waals surface area contributed by atoms with Gasteiger partial charge in [-0.15, -0.1) is 6.58 Å². The number of guanidine groups is 1. The smallest absolute Gasteiger partial charge is 0.193 e. The first kappa shape index (κ1) is 15.0. The zero-order valence-electron chi connectivity index (χ0n) is 10.8. The van der Waals surface area contributed by atoms with Crippen molar-refractivity contribution < 1.29 is 4.74 Å². The average molecular weight is 227 g/mol. The number of hydrogen-bond donors (Lipinski definition) is 1. The molecule has 0 amide bonds. The molecule has 0 atom stereocenters. The molecule has 0 spiro atoms. The van der Waals surface area contributed by atoms with Gasteiger partial charge in [0, 0.05) is 27.2 Å². The largest absolute Gasteiger partial charge is 0.383 e. The summed E-state index contributed by atoms with van der Waals surface area (Å²) in [5, 5.41) is 3.26. The van der Waals surface area contributed by atoms with Gasteiger partial charge in [-0.2, -0.15) is 0 Å². The lowest BCUT2D eigenvalue weighted by Crippen LogP contribution is -2.39. The zero-order chi connectivity index (χ0) is 12.2. The minimum atomic E-state index is 0.662. The Balaban J connectivity index is 4.05. The van der Waals surface area contributed by atoms with Crippen LogP contribution >= 0.6 is 0 Å². The van der Waals surface area contributed by atoms with Gasteiger partial charge >= 0.3 is 0 Å². The van der Waals surface area contributed by atoms with Crippen LogP contribution in [0.25, 0.3) is 0 Å². The number of aliphatic imine (C=N–C) groups is 1. The fraction of sp³-hybridized carbons (Fsp3) is 0.750. The third kappa shape index (κ3) is 7.29. The van der Waals surface area contributed by atoms with E-state index in [1.54, 1.807) is 7.11 Å². The summed E-state index contributed by atoms with van der Waals surface area (Å²) in [7, 11) is 3.74. The van der Waals surface area contributed by atoms with Gasteiger partial charge in [-0.05, 0) is 19.8 Å². The molecule has 0 aliphatic heterocycles. The highest BCUT2D eigenvalue weighted by atomic mass is 16.5. The Morgan fingerprint density at radius 2 is 2.31 bits per heavy atom. The first-order chi connectivity index (χ1) is 7.76. The van der Waals surface area contributed by atoms with E-state index in [9.17, 15) is 0 Å². The van der Waals surface area contributed by atoms with Crippen molar-refractivity contribution in [3.63, 3.8) is 0 Å². The van der Waals surface area contributed by atoms with Gasteiger partial charge in [0.15, 0.2) is 5.96 Å². The molecule has 94 valence electrons. The first-order valence-corrected chi connectivity index (χ1v) is 5.85. The number of allylic oxidation sites excluding steroid dienone is 1. The Labute approximate surface area is 99.4 Å². The molecule has 16 heavy (non-hydrogen) atoms. The second-order valence-corrected chi connectivity index (χ2v) is 3.58. The second-order valence-electron chi connectivity index (χ2n) is 3.58. The Hall–Kier alpha value is -1.03. The fourth-order valence-corrected chi connectivity index (χ4v) is 1.29. The van der Waals surface area contributed by atoms with Crippen LogP contribution in [0.3, 0.4) is 0 Å². The molecule has 0 radical (unpaired) electrons. The maximum Gasteiger partial charge on any atom is 0.193 e. The number of nitrogens with one attached hydrogen (secondary N) is 1. The van der Waals surface area contributed by atoms with E-state index < -0.39 is 0 Å². The molecule has 0 saturated carbocycles. The summed E-state index contributed by atoms with van der Waals surface area (Å²) in [4.78, 5) is 6.60. The van der Waals surface area contributed by atoms with Crippen molar-refractivity contribution in [3.05, 3.63) is 12.7 Å². The van der Waals surface area contributed by atoms with Crippen molar-refractivity contribution in [1.82, 2.24) is 10.2 Å². The Morgan fingerprint density at radius 1 is 1.56 bits per heavy atom. The molecule has 0 rings (SSSR count). The predicted octanol–water partition coefficient (Wildman–Crippen LogP) is 1.50. The molecular weight excluding hydrogens is 202 g/mol. The fourth-order valence-electron chi connectivity index (χ4n) is 1.29. The van der Waals surface area contributed by atoms with Gasteiger partial charge in [-0.25, -0.2) is 0 Å². The SMILES string of the molecule is C=CCCCN(C)C(=NCCOC)NCC. The van der Waals surface area contributed by atoms with Gasteiger partial charge in [0.1, 0.15) is 0 Å². The van der Waals surface area contributed by atoms with Crippen LogP contribution in [0.5, 0.6) is 0 Å². The summed E-state index contributed by atoms with van der Waals surface area (Å²) in [6.45, 7) is 9.03. The molecule has 0 unspecified atom stereocenters. The summed E-state index contributed by atoms with van der Waals surface area (Å²) in [6.07, 6.45) is 4.10. The molecule has 0 aromatic heterocycles.